The number of nitrogens with one attached hydrogen (secondary N) is 3. The monoisotopic (exact) mass is 853 g/mol. The molecule has 2 aromatic heterocycles. The molecule has 0 bridgehead atoms. The van der Waals surface area contributed by atoms with Crippen LogP contribution in [0.1, 0.15) is 70.3 Å². The van der Waals surface area contributed by atoms with Crippen LogP contribution in [-0.4, -0.2) is 121 Å². The summed E-state index contributed by atoms with van der Waals surface area (Å²) in [5.74, 6) is 0.578. The molecular formula is C48H59N11O4. The highest BCUT2D eigenvalue weighted by Gasteiger charge is 2.52. The van der Waals surface area contributed by atoms with Gasteiger partial charge < -0.3 is 30.6 Å². The average molecular weight is 854 g/mol. The van der Waals surface area contributed by atoms with Gasteiger partial charge in [0.05, 0.1) is 24.1 Å². The average Bonchev–Trinajstić information content (AvgIpc) is 4.01. The van der Waals surface area contributed by atoms with Crippen molar-refractivity contribution in [2.24, 2.45) is 23.2 Å². The second-order valence-corrected chi connectivity index (χ2v) is 19.2. The topological polar surface area (TPSA) is 167 Å². The minimum absolute atomic E-state index is 0.244. The lowest BCUT2D eigenvalue weighted by molar-refractivity contribution is -0.149. The Labute approximate surface area is 368 Å². The number of piperidine rings is 2. The summed E-state index contributed by atoms with van der Waals surface area (Å²) in [5, 5.41) is 30.0. The highest BCUT2D eigenvalue weighted by Crippen LogP contribution is 2.53. The van der Waals surface area contributed by atoms with E-state index in [9.17, 15) is 19.8 Å². The lowest BCUT2D eigenvalue weighted by Gasteiger charge is -2.54. The molecule has 1 spiro atoms. The van der Waals surface area contributed by atoms with E-state index in [1.54, 1.807) is 0 Å². The largest absolute Gasteiger partial charge is 0.379 e. The molecule has 15 nitrogen and oxygen atoms in total. The highest BCUT2D eigenvalue weighted by atomic mass is 16.3. The maximum atomic E-state index is 13.5. The Bertz CT molecular complexity index is 2370. The molecule has 4 aliphatic heterocycles. The Kier molecular flexibility index (Phi) is 10.7. The summed E-state index contributed by atoms with van der Waals surface area (Å²) in [6.45, 7) is 7.27. The van der Waals surface area contributed by atoms with Gasteiger partial charge in [-0.1, -0.05) is 37.1 Å². The number of allylic oxidation sites excluding steroid dienone is 1. The number of hydrogen-bond acceptors (Lipinski definition) is 13. The molecule has 7 aliphatic rings. The van der Waals surface area contributed by atoms with E-state index in [2.05, 4.69) is 76.6 Å². The first-order valence-electron chi connectivity index (χ1n) is 23.3. The van der Waals surface area contributed by atoms with Gasteiger partial charge >= 0.3 is 0 Å². The van der Waals surface area contributed by atoms with Crippen molar-refractivity contribution in [2.75, 3.05) is 61.3 Å². The van der Waals surface area contributed by atoms with Crippen LogP contribution in [0.2, 0.25) is 0 Å². The Balaban J connectivity index is 0.643. The molecule has 2 saturated carbocycles. The van der Waals surface area contributed by atoms with Gasteiger partial charge in [-0.25, -0.2) is 9.97 Å². The van der Waals surface area contributed by atoms with Crippen LogP contribution in [0.5, 0.6) is 0 Å². The molecule has 0 radical (unpaired) electrons. The zero-order valence-electron chi connectivity index (χ0n) is 35.9. The van der Waals surface area contributed by atoms with Crippen LogP contribution in [0.3, 0.4) is 0 Å². The van der Waals surface area contributed by atoms with Crippen molar-refractivity contribution in [1.29, 1.82) is 0 Å². The molecule has 3 aliphatic carbocycles. The van der Waals surface area contributed by atoms with Gasteiger partial charge in [0.2, 0.25) is 23.7 Å². The number of imide groups is 1. The number of benzene rings is 2. The van der Waals surface area contributed by atoms with Gasteiger partial charge in [-0.05, 0) is 111 Å². The summed E-state index contributed by atoms with van der Waals surface area (Å²) in [7, 11) is 0. The van der Waals surface area contributed by atoms with E-state index in [1.165, 1.54) is 42.8 Å². The number of aliphatic hydroxyl groups excluding tert-OH is 2. The maximum absolute atomic E-state index is 13.5. The van der Waals surface area contributed by atoms with Gasteiger partial charge in [0.25, 0.3) is 0 Å². The van der Waals surface area contributed by atoms with E-state index in [1.807, 2.05) is 42.6 Å². The summed E-state index contributed by atoms with van der Waals surface area (Å²) in [6.07, 6.45) is 16.1. The molecular weight excluding hydrogens is 795 g/mol. The van der Waals surface area contributed by atoms with Gasteiger partial charge in [0.15, 0.2) is 5.65 Å². The summed E-state index contributed by atoms with van der Waals surface area (Å²) >= 11 is 0. The first kappa shape index (κ1) is 40.4. The number of carbonyl (C=O) groups is 2. The van der Waals surface area contributed by atoms with Crippen molar-refractivity contribution in [2.45, 2.75) is 88.7 Å². The fourth-order valence-corrected chi connectivity index (χ4v) is 11.8. The van der Waals surface area contributed by atoms with Crippen molar-refractivity contribution in [1.82, 2.24) is 39.5 Å². The second-order valence-electron chi connectivity index (χ2n) is 19.2. The Hall–Kier alpha value is -5.35. The van der Waals surface area contributed by atoms with Crippen molar-refractivity contribution >= 4 is 51.9 Å². The van der Waals surface area contributed by atoms with Crippen molar-refractivity contribution < 1.29 is 19.8 Å². The Morgan fingerprint density at radius 3 is 2.25 bits per heavy atom. The molecule has 4 aromatic rings. The van der Waals surface area contributed by atoms with Crippen LogP contribution in [-0.2, 0) is 9.59 Å². The number of imidazole rings is 1. The molecule has 6 heterocycles. The highest BCUT2D eigenvalue weighted by molar-refractivity contribution is 6.07. The molecule has 11 rings (SSSR count). The maximum Gasteiger partial charge on any atom is 0.237 e. The third kappa shape index (κ3) is 7.87. The number of anilines is 5. The minimum atomic E-state index is -1.13. The van der Waals surface area contributed by atoms with Crippen molar-refractivity contribution in [3.05, 3.63) is 84.7 Å². The van der Waals surface area contributed by atoms with Gasteiger partial charge in [-0.15, -0.1) is 0 Å². The third-order valence-electron chi connectivity index (χ3n) is 15.2. The number of carbonyl (C=O) groups excluding carboxylic acids is 2. The number of aromatic nitrogens is 4. The van der Waals surface area contributed by atoms with Crippen LogP contribution < -0.4 is 20.9 Å². The SMILES string of the molecule is O=C1C2C=CC(N3CCC4(CC3)CC(CN3CCN(c5ccc(Nc6ncc7nc(Nc8ccccc8)n(C8CCCC8)c7n6)cc5)CC3)C4)=CC2C(=O)N1C1CCC(O)NC1O. The molecule has 4 saturated heterocycles. The Morgan fingerprint density at radius 2 is 1.51 bits per heavy atom. The van der Waals surface area contributed by atoms with Crippen LogP contribution in [0.15, 0.2) is 84.7 Å². The number of nitrogens with zero attached hydrogens (tertiary/aromatic N) is 8. The van der Waals surface area contributed by atoms with E-state index in [4.69, 9.17) is 9.97 Å². The molecule has 2 amide bonds. The minimum Gasteiger partial charge on any atom is -0.379 e. The first-order valence-corrected chi connectivity index (χ1v) is 23.3. The summed E-state index contributed by atoms with van der Waals surface area (Å²) in [5.41, 5.74) is 6.30. The fourth-order valence-electron chi connectivity index (χ4n) is 11.8. The number of rotatable bonds is 10. The summed E-state index contributed by atoms with van der Waals surface area (Å²) in [6, 6.07) is 18.5. The van der Waals surface area contributed by atoms with Crippen molar-refractivity contribution in [3.8, 4) is 0 Å². The number of likely N-dealkylation sites (tertiary alicyclic amines) is 2. The van der Waals surface area contributed by atoms with E-state index in [-0.39, 0.29) is 11.8 Å². The number of para-hydroxylation sites is 1. The van der Waals surface area contributed by atoms with Crippen LogP contribution in [0.25, 0.3) is 11.2 Å². The van der Waals surface area contributed by atoms with E-state index < -0.39 is 30.3 Å². The number of amides is 2. The summed E-state index contributed by atoms with van der Waals surface area (Å²) < 4.78 is 2.28. The van der Waals surface area contributed by atoms with E-state index in [0.29, 0.717) is 30.2 Å². The Morgan fingerprint density at radius 1 is 0.778 bits per heavy atom. The molecule has 5 atom stereocenters. The zero-order chi connectivity index (χ0) is 42.7. The van der Waals surface area contributed by atoms with Crippen LogP contribution in [0, 0.1) is 23.2 Å². The molecule has 6 fully saturated rings. The molecule has 330 valence electrons. The quantitative estimate of drug-likeness (QED) is 0.127. The predicted octanol–water partition coefficient (Wildman–Crippen LogP) is 5.49. The fraction of sp³-hybridized carbons (Fsp3) is 0.521. The van der Waals surface area contributed by atoms with Gasteiger partial charge in [0, 0.05) is 74.6 Å². The lowest BCUT2D eigenvalue weighted by Crippen LogP contribution is -2.58. The van der Waals surface area contributed by atoms with Gasteiger partial charge in [0.1, 0.15) is 18.0 Å². The lowest BCUT2D eigenvalue weighted by atomic mass is 9.57. The molecule has 63 heavy (non-hydrogen) atoms. The third-order valence-corrected chi connectivity index (χ3v) is 15.2. The first-order chi connectivity index (χ1) is 30.8. The number of aliphatic hydroxyl groups is 2. The van der Waals surface area contributed by atoms with Crippen molar-refractivity contribution in [3.63, 3.8) is 0 Å². The van der Waals surface area contributed by atoms with Gasteiger partial charge in [-0.3, -0.25) is 29.3 Å². The number of fused-ring (bicyclic) bond motifs is 2. The smallest absolute Gasteiger partial charge is 0.237 e. The molecule has 15 heteroatoms. The van der Waals surface area contributed by atoms with E-state index in [0.717, 1.165) is 105 Å². The molecule has 5 unspecified atom stereocenters. The predicted molar refractivity (Wildman–Crippen MR) is 241 cm³/mol. The van der Waals surface area contributed by atoms with Gasteiger partial charge in [-0.2, -0.15) is 4.98 Å². The zero-order valence-corrected chi connectivity index (χ0v) is 35.9. The molecule has 2 aromatic carbocycles. The summed E-state index contributed by atoms with van der Waals surface area (Å²) in [4.78, 5) is 50.2. The van der Waals surface area contributed by atoms with Crippen LogP contribution in [0.4, 0.5) is 29.0 Å². The normalized spacial score (nSPS) is 27.9. The standard InChI is InChI=1S/C48H59N11O4/c60-41-17-16-40(43(61)53-41)59-44(62)37-15-14-36(26-38(37)45(59)63)56-20-18-48(19-21-56)27-31(28-48)30-55-22-24-57(25-23-55)34-12-10-33(11-13-34)50-46-49-29-39-42(54-46)58(35-8-4-5-9-35)47(52-39)51-32-6-2-1-3-7-32/h1-3,6-7,10-15,26,29,31,35,37-38,40-41,43,53,60-61H,4-5,8-9,16-25,27-28,30H2,(H,51,52)(H,49,50,54). The molecule has 5 N–H and O–H groups in total. The second kappa shape index (κ2) is 16.6. The number of piperazine rings is 1. The van der Waals surface area contributed by atoms with E-state index >= 15 is 0 Å². The number of hydrogen-bond donors (Lipinski definition) is 5. The van der Waals surface area contributed by atoms with Crippen LogP contribution >= 0.6 is 0 Å².